The van der Waals surface area contributed by atoms with E-state index in [2.05, 4.69) is 11.6 Å². The lowest BCUT2D eigenvalue weighted by atomic mass is 10.1. The van der Waals surface area contributed by atoms with Crippen LogP contribution < -0.4 is 20.7 Å². The molecule has 0 unspecified atom stereocenters. The van der Waals surface area contributed by atoms with Gasteiger partial charge >= 0.3 is 0 Å². The van der Waals surface area contributed by atoms with Gasteiger partial charge in [0.1, 0.15) is 16.8 Å². The largest absolute Gasteiger partial charge is 0.493 e. The van der Waals surface area contributed by atoms with Crippen molar-refractivity contribution in [2.75, 3.05) is 20.0 Å². The zero-order valence-corrected chi connectivity index (χ0v) is 16.1. The molecular formula is C21H24N4O2. The van der Waals surface area contributed by atoms with E-state index in [1.54, 1.807) is 14.2 Å². The summed E-state index contributed by atoms with van der Waals surface area (Å²) in [7, 11) is 3.23. The minimum Gasteiger partial charge on any atom is -0.493 e. The molecule has 0 fully saturated rings. The first-order valence-electron chi connectivity index (χ1n) is 8.73. The summed E-state index contributed by atoms with van der Waals surface area (Å²) in [6, 6.07) is 9.60. The van der Waals surface area contributed by atoms with Crippen molar-refractivity contribution in [2.24, 2.45) is 4.99 Å². The Balaban J connectivity index is 2.58. The van der Waals surface area contributed by atoms with Gasteiger partial charge in [0.25, 0.3) is 0 Å². The second-order valence-corrected chi connectivity index (χ2v) is 6.10. The van der Waals surface area contributed by atoms with E-state index in [0.29, 0.717) is 29.1 Å². The average molecular weight is 364 g/mol. The van der Waals surface area contributed by atoms with E-state index in [1.807, 2.05) is 48.7 Å². The number of anilines is 1. The van der Waals surface area contributed by atoms with E-state index >= 15 is 0 Å². The lowest BCUT2D eigenvalue weighted by molar-refractivity contribution is 0.357. The molecule has 0 saturated heterocycles. The highest BCUT2D eigenvalue weighted by Gasteiger charge is 2.19. The molecule has 3 aromatic rings. The molecule has 27 heavy (non-hydrogen) atoms. The Labute approximate surface area is 158 Å². The number of methoxy groups -OCH3 is 2. The van der Waals surface area contributed by atoms with Crippen molar-refractivity contribution in [3.8, 4) is 17.2 Å². The minimum absolute atomic E-state index is 0.591. The van der Waals surface area contributed by atoms with Gasteiger partial charge in [0.15, 0.2) is 11.5 Å². The fraction of sp³-hybridized carbons (Fsp3) is 0.238. The number of benzene rings is 2. The second kappa shape index (κ2) is 7.53. The fourth-order valence-electron chi connectivity index (χ4n) is 3.28. The van der Waals surface area contributed by atoms with Crippen LogP contribution in [0.25, 0.3) is 16.6 Å². The summed E-state index contributed by atoms with van der Waals surface area (Å²) in [6.45, 7) is 7.85. The molecule has 2 N–H and O–H groups in total. The molecule has 0 aliphatic rings. The smallest absolute Gasteiger partial charge is 0.187 e. The molecule has 1 aromatic heterocycles. The molecule has 1 heterocycles. The number of nitrogens with zero attached hydrogens (tertiary/aromatic N) is 3. The Bertz CT molecular complexity index is 1080. The monoisotopic (exact) mass is 364 g/mol. The van der Waals surface area contributed by atoms with Gasteiger partial charge in [-0.3, -0.25) is 4.57 Å². The van der Waals surface area contributed by atoms with Crippen LogP contribution in [0.5, 0.6) is 11.5 Å². The first-order valence-corrected chi connectivity index (χ1v) is 8.73. The predicted molar refractivity (Wildman–Crippen MR) is 108 cm³/mol. The maximum atomic E-state index is 6.02. The molecule has 6 heteroatoms. The van der Waals surface area contributed by atoms with Crippen LogP contribution in [0.3, 0.4) is 0 Å². The highest BCUT2D eigenvalue weighted by molar-refractivity contribution is 5.89. The lowest BCUT2D eigenvalue weighted by Crippen LogP contribution is -2.26. The third kappa shape index (κ3) is 3.14. The van der Waals surface area contributed by atoms with Gasteiger partial charge in [0.05, 0.1) is 25.3 Å². The Morgan fingerprint density at radius 2 is 2.04 bits per heavy atom. The molecule has 0 bridgehead atoms. The number of hydrogen-bond acceptors (Lipinski definition) is 5. The molecule has 3 rings (SSSR count). The van der Waals surface area contributed by atoms with Crippen molar-refractivity contribution in [1.29, 1.82) is 0 Å². The average Bonchev–Trinajstić information content (AvgIpc) is 2.67. The lowest BCUT2D eigenvalue weighted by Gasteiger charge is -2.18. The Hall–Kier alpha value is -3.28. The van der Waals surface area contributed by atoms with Crippen LogP contribution in [0.15, 0.2) is 48.1 Å². The summed E-state index contributed by atoms with van der Waals surface area (Å²) >= 11 is 0. The third-order valence-corrected chi connectivity index (χ3v) is 4.43. The SMILES string of the molecule is C=CN=c1c2c(C)cc(OC)c(OC)c2nc(CC)n1-c1cccc(N)c1. The summed E-state index contributed by atoms with van der Waals surface area (Å²) in [6.07, 6.45) is 2.23. The van der Waals surface area contributed by atoms with E-state index in [0.717, 1.165) is 27.9 Å². The van der Waals surface area contributed by atoms with Crippen molar-refractivity contribution in [2.45, 2.75) is 20.3 Å². The van der Waals surface area contributed by atoms with Gasteiger partial charge in [-0.2, -0.15) is 0 Å². The van der Waals surface area contributed by atoms with Gasteiger partial charge in [0, 0.05) is 18.3 Å². The van der Waals surface area contributed by atoms with Gasteiger partial charge < -0.3 is 15.2 Å². The summed E-state index contributed by atoms with van der Waals surface area (Å²) in [5.74, 6) is 2.07. The molecule has 0 amide bonds. The maximum Gasteiger partial charge on any atom is 0.187 e. The molecule has 6 nitrogen and oxygen atoms in total. The van der Waals surface area contributed by atoms with Gasteiger partial charge in [-0.15, -0.1) is 0 Å². The third-order valence-electron chi connectivity index (χ3n) is 4.43. The fourth-order valence-corrected chi connectivity index (χ4v) is 3.28. The summed E-state index contributed by atoms with van der Waals surface area (Å²) in [4.78, 5) is 9.50. The number of aromatic nitrogens is 2. The van der Waals surface area contributed by atoms with Crippen LogP contribution in [-0.2, 0) is 6.42 Å². The normalized spacial score (nSPS) is 11.6. The maximum absolute atomic E-state index is 6.02. The zero-order valence-electron chi connectivity index (χ0n) is 16.1. The van der Waals surface area contributed by atoms with Crippen LogP contribution in [0.2, 0.25) is 0 Å². The molecule has 0 atom stereocenters. The number of ether oxygens (including phenoxy) is 2. The van der Waals surface area contributed by atoms with Crippen molar-refractivity contribution in [3.63, 3.8) is 0 Å². The van der Waals surface area contributed by atoms with Gasteiger partial charge in [-0.05, 0) is 36.8 Å². The Morgan fingerprint density at radius 1 is 1.26 bits per heavy atom. The first kappa shape index (κ1) is 18.5. The van der Waals surface area contributed by atoms with E-state index in [9.17, 15) is 0 Å². The molecular weight excluding hydrogens is 340 g/mol. The van der Waals surface area contributed by atoms with E-state index in [4.69, 9.17) is 20.2 Å². The van der Waals surface area contributed by atoms with E-state index in [-0.39, 0.29) is 0 Å². The van der Waals surface area contributed by atoms with Gasteiger partial charge in [-0.25, -0.2) is 9.98 Å². The Morgan fingerprint density at radius 3 is 2.63 bits per heavy atom. The number of hydrogen-bond donors (Lipinski definition) is 1. The van der Waals surface area contributed by atoms with E-state index in [1.165, 1.54) is 6.20 Å². The van der Waals surface area contributed by atoms with E-state index < -0.39 is 0 Å². The van der Waals surface area contributed by atoms with Gasteiger partial charge in [0.2, 0.25) is 0 Å². The van der Waals surface area contributed by atoms with Crippen molar-refractivity contribution in [3.05, 3.63) is 60.0 Å². The summed E-state index contributed by atoms with van der Waals surface area (Å²) in [5.41, 5.74) is 10.0. The molecule has 0 spiro atoms. The highest BCUT2D eigenvalue weighted by Crippen LogP contribution is 2.35. The topological polar surface area (TPSA) is 74.7 Å². The minimum atomic E-state index is 0.591. The summed E-state index contributed by atoms with van der Waals surface area (Å²) in [5, 5.41) is 0.882. The standard InChI is InChI=1S/C21H24N4O2/c1-6-17-24-19-18(13(3)11-16(26-4)20(19)27-5)21(23-7-2)25(17)15-10-8-9-14(22)12-15/h7-12H,2,6,22H2,1,3-5H3. The van der Waals surface area contributed by atoms with Crippen molar-refractivity contribution in [1.82, 2.24) is 9.55 Å². The van der Waals surface area contributed by atoms with Crippen LogP contribution in [0.4, 0.5) is 5.69 Å². The highest BCUT2D eigenvalue weighted by atomic mass is 16.5. The zero-order chi connectivity index (χ0) is 19.6. The van der Waals surface area contributed by atoms with Crippen LogP contribution >= 0.6 is 0 Å². The van der Waals surface area contributed by atoms with Crippen molar-refractivity contribution >= 4 is 16.6 Å². The van der Waals surface area contributed by atoms with Crippen molar-refractivity contribution < 1.29 is 9.47 Å². The molecule has 2 aromatic carbocycles. The van der Waals surface area contributed by atoms with Gasteiger partial charge in [-0.1, -0.05) is 19.6 Å². The molecule has 0 aliphatic carbocycles. The molecule has 0 saturated carbocycles. The number of rotatable bonds is 5. The van der Waals surface area contributed by atoms with Crippen LogP contribution in [-0.4, -0.2) is 23.8 Å². The number of fused-ring (bicyclic) bond motifs is 1. The molecule has 140 valence electrons. The number of nitrogen functional groups attached to an aromatic ring is 1. The molecule has 0 radical (unpaired) electrons. The number of nitrogens with two attached hydrogens (primary N) is 1. The number of aryl methyl sites for hydroxylation is 2. The summed E-state index contributed by atoms with van der Waals surface area (Å²) < 4.78 is 13.1. The quantitative estimate of drug-likeness (QED) is 0.703. The van der Waals surface area contributed by atoms with Crippen LogP contribution in [0, 0.1) is 6.92 Å². The second-order valence-electron chi connectivity index (χ2n) is 6.10. The molecule has 0 aliphatic heterocycles. The van der Waals surface area contributed by atoms with Crippen LogP contribution in [0.1, 0.15) is 18.3 Å². The Kier molecular flexibility index (Phi) is 5.16. The first-order chi connectivity index (χ1) is 13.0. The predicted octanol–water partition coefficient (Wildman–Crippen LogP) is 3.54.